The molecule has 2 aromatic carbocycles. The Balaban J connectivity index is 0.000000168. The van der Waals surface area contributed by atoms with E-state index in [9.17, 15) is 9.59 Å². The maximum Gasteiger partial charge on any atom is 0.252 e. The Morgan fingerprint density at radius 3 is 1.21 bits per heavy atom. The number of benzene rings is 2. The van der Waals surface area contributed by atoms with E-state index < -0.39 is 0 Å². The Kier molecular flexibility index (Phi) is 10.4. The second kappa shape index (κ2) is 14.2. The largest absolute Gasteiger partial charge is 0.348 e. The van der Waals surface area contributed by atoms with Crippen molar-refractivity contribution in [1.29, 1.82) is 0 Å². The first-order valence-corrected chi connectivity index (χ1v) is 16.6. The number of rotatable bonds is 6. The molecular formula is C36H52N4O2. The van der Waals surface area contributed by atoms with Crippen LogP contribution in [0.4, 0.5) is 0 Å². The van der Waals surface area contributed by atoms with Crippen LogP contribution in [0.15, 0.2) is 36.4 Å². The Morgan fingerprint density at radius 1 is 0.548 bits per heavy atom. The quantitative estimate of drug-likeness (QED) is 0.439. The topological polar surface area (TPSA) is 64.7 Å². The van der Waals surface area contributed by atoms with Crippen molar-refractivity contribution >= 4 is 11.8 Å². The SMILES string of the molecule is Cc1cccc(C)c1C(=O)N[C@@H]1CCC[C@@H]1N1CCCC1.Cc1cccc(C)c1C(=O)N[C@H]1CCC[C@H]1N1CCCC1. The van der Waals surface area contributed by atoms with Crippen LogP contribution in [0.5, 0.6) is 0 Å². The summed E-state index contributed by atoms with van der Waals surface area (Å²) in [5, 5.41) is 6.65. The number of nitrogens with one attached hydrogen (secondary N) is 2. The summed E-state index contributed by atoms with van der Waals surface area (Å²) >= 11 is 0. The molecule has 6 heteroatoms. The lowest BCUT2D eigenvalue weighted by molar-refractivity contribution is 0.0903. The minimum atomic E-state index is 0.113. The number of hydrogen-bond acceptors (Lipinski definition) is 4. The van der Waals surface area contributed by atoms with Crippen LogP contribution < -0.4 is 10.6 Å². The van der Waals surface area contributed by atoms with E-state index in [0.717, 1.165) is 46.2 Å². The molecule has 2 saturated heterocycles. The van der Waals surface area contributed by atoms with Crippen LogP contribution in [0.2, 0.25) is 0 Å². The highest BCUT2D eigenvalue weighted by molar-refractivity contribution is 5.97. The highest BCUT2D eigenvalue weighted by Gasteiger charge is 2.35. The Hall–Kier alpha value is -2.70. The van der Waals surface area contributed by atoms with Gasteiger partial charge in [0, 0.05) is 35.3 Å². The molecular weight excluding hydrogens is 520 g/mol. The summed E-state index contributed by atoms with van der Waals surface area (Å²) in [6.45, 7) is 12.9. The summed E-state index contributed by atoms with van der Waals surface area (Å²) in [5.41, 5.74) is 6.02. The molecule has 4 aliphatic rings. The summed E-state index contributed by atoms with van der Waals surface area (Å²) in [5.74, 6) is 0.225. The highest BCUT2D eigenvalue weighted by Crippen LogP contribution is 2.29. The number of nitrogens with zero attached hydrogens (tertiary/aromatic N) is 2. The van der Waals surface area contributed by atoms with E-state index in [1.807, 2.05) is 64.1 Å². The average Bonchev–Trinajstić information content (AvgIpc) is 3.77. The standard InChI is InChI=1S/2C18H26N2O/c2*1-13-7-5-8-14(2)17(13)18(21)19-15-9-6-10-16(15)20-11-3-4-12-20/h2*5,7-8,15-16H,3-4,6,9-12H2,1-2H3,(H,19,21)/t2*15-,16+/m10/s1. The highest BCUT2D eigenvalue weighted by atomic mass is 16.2. The molecule has 0 unspecified atom stereocenters. The summed E-state index contributed by atoms with van der Waals surface area (Å²) in [6, 6.07) is 13.9. The molecule has 42 heavy (non-hydrogen) atoms. The molecule has 4 fully saturated rings. The number of carbonyl (C=O) groups is 2. The van der Waals surface area contributed by atoms with Crippen LogP contribution >= 0.6 is 0 Å². The summed E-state index contributed by atoms with van der Waals surface area (Å²) in [4.78, 5) is 30.5. The molecule has 0 radical (unpaired) electrons. The van der Waals surface area contributed by atoms with Gasteiger partial charge in [0.2, 0.25) is 0 Å². The van der Waals surface area contributed by atoms with E-state index in [4.69, 9.17) is 0 Å². The number of carbonyl (C=O) groups excluding carboxylic acids is 2. The maximum absolute atomic E-state index is 12.7. The molecule has 6 rings (SSSR count). The maximum atomic E-state index is 12.7. The molecule has 6 nitrogen and oxygen atoms in total. The van der Waals surface area contributed by atoms with Gasteiger partial charge in [0.05, 0.1) is 0 Å². The fraction of sp³-hybridized carbons (Fsp3) is 0.611. The minimum Gasteiger partial charge on any atom is -0.348 e. The van der Waals surface area contributed by atoms with E-state index in [-0.39, 0.29) is 11.8 Å². The predicted molar refractivity (Wildman–Crippen MR) is 171 cm³/mol. The first-order chi connectivity index (χ1) is 20.3. The van der Waals surface area contributed by atoms with Crippen molar-refractivity contribution in [2.45, 2.75) is 116 Å². The van der Waals surface area contributed by atoms with Gasteiger partial charge < -0.3 is 10.6 Å². The fourth-order valence-corrected chi connectivity index (χ4v) is 8.06. The zero-order valence-electron chi connectivity index (χ0n) is 26.4. The van der Waals surface area contributed by atoms with Crippen LogP contribution in [0, 0.1) is 27.7 Å². The van der Waals surface area contributed by atoms with Gasteiger partial charge in [-0.1, -0.05) is 36.4 Å². The van der Waals surface area contributed by atoms with Crippen LogP contribution in [0.3, 0.4) is 0 Å². The van der Waals surface area contributed by atoms with Crippen molar-refractivity contribution in [3.63, 3.8) is 0 Å². The van der Waals surface area contributed by atoms with Gasteiger partial charge in [-0.05, 0) is 140 Å². The van der Waals surface area contributed by atoms with E-state index in [2.05, 4.69) is 20.4 Å². The number of amides is 2. The summed E-state index contributed by atoms with van der Waals surface area (Å²) in [7, 11) is 0. The van der Waals surface area contributed by atoms with Gasteiger partial charge in [-0.15, -0.1) is 0 Å². The van der Waals surface area contributed by atoms with Gasteiger partial charge in [0.25, 0.3) is 11.8 Å². The third kappa shape index (κ3) is 7.08. The van der Waals surface area contributed by atoms with Crippen LogP contribution in [-0.4, -0.2) is 72.0 Å². The van der Waals surface area contributed by atoms with Gasteiger partial charge in [-0.3, -0.25) is 19.4 Å². The van der Waals surface area contributed by atoms with Gasteiger partial charge in [0.1, 0.15) is 0 Å². The lowest BCUT2D eigenvalue weighted by Gasteiger charge is -2.30. The number of aryl methyl sites for hydroxylation is 4. The summed E-state index contributed by atoms with van der Waals surface area (Å²) < 4.78 is 0. The van der Waals surface area contributed by atoms with Gasteiger partial charge in [0.15, 0.2) is 0 Å². The van der Waals surface area contributed by atoms with Crippen molar-refractivity contribution in [3.05, 3.63) is 69.8 Å². The molecule has 4 atom stereocenters. The third-order valence-corrected chi connectivity index (χ3v) is 10.2. The zero-order chi connectivity index (χ0) is 29.6. The van der Waals surface area contributed by atoms with Crippen molar-refractivity contribution < 1.29 is 9.59 Å². The predicted octanol–water partition coefficient (Wildman–Crippen LogP) is 6.10. The first-order valence-electron chi connectivity index (χ1n) is 16.6. The number of likely N-dealkylation sites (tertiary alicyclic amines) is 2. The summed E-state index contributed by atoms with van der Waals surface area (Å²) in [6.07, 6.45) is 12.4. The average molecular weight is 573 g/mol. The lowest BCUT2D eigenvalue weighted by atomic mass is 10.0. The van der Waals surface area contributed by atoms with Crippen LogP contribution in [-0.2, 0) is 0 Å². The van der Waals surface area contributed by atoms with E-state index in [0.29, 0.717) is 24.2 Å². The van der Waals surface area contributed by atoms with Crippen molar-refractivity contribution in [1.82, 2.24) is 20.4 Å². The van der Waals surface area contributed by atoms with Crippen LogP contribution in [0.25, 0.3) is 0 Å². The Bertz CT molecular complexity index is 1090. The molecule has 0 bridgehead atoms. The van der Waals surface area contributed by atoms with Crippen molar-refractivity contribution in [2.75, 3.05) is 26.2 Å². The zero-order valence-corrected chi connectivity index (χ0v) is 26.4. The first kappa shape index (κ1) is 30.7. The third-order valence-electron chi connectivity index (χ3n) is 10.2. The Labute approximate surface area is 253 Å². The monoisotopic (exact) mass is 572 g/mol. The second-order valence-electron chi connectivity index (χ2n) is 13.2. The Morgan fingerprint density at radius 2 is 0.881 bits per heavy atom. The minimum absolute atomic E-state index is 0.113. The van der Waals surface area contributed by atoms with E-state index in [1.165, 1.54) is 77.5 Å². The smallest absolute Gasteiger partial charge is 0.252 e. The molecule has 0 spiro atoms. The lowest BCUT2D eigenvalue weighted by Crippen LogP contribution is -2.48. The molecule has 2 heterocycles. The fourth-order valence-electron chi connectivity index (χ4n) is 8.06. The number of hydrogen-bond donors (Lipinski definition) is 2. The molecule has 2 aliphatic carbocycles. The van der Waals surface area contributed by atoms with Gasteiger partial charge >= 0.3 is 0 Å². The van der Waals surface area contributed by atoms with Gasteiger partial charge in [-0.25, -0.2) is 0 Å². The van der Waals surface area contributed by atoms with E-state index in [1.54, 1.807) is 0 Å². The van der Waals surface area contributed by atoms with Crippen LogP contribution in [0.1, 0.15) is 107 Å². The second-order valence-corrected chi connectivity index (χ2v) is 13.2. The van der Waals surface area contributed by atoms with Gasteiger partial charge in [-0.2, -0.15) is 0 Å². The molecule has 2 amide bonds. The molecule has 2 aromatic rings. The van der Waals surface area contributed by atoms with E-state index >= 15 is 0 Å². The van der Waals surface area contributed by atoms with Crippen molar-refractivity contribution in [3.8, 4) is 0 Å². The normalized spacial score (nSPS) is 26.2. The molecule has 2 aliphatic heterocycles. The molecule has 228 valence electrons. The molecule has 0 aromatic heterocycles. The molecule has 2 saturated carbocycles. The molecule has 2 N–H and O–H groups in total. The van der Waals surface area contributed by atoms with Crippen molar-refractivity contribution in [2.24, 2.45) is 0 Å².